The second-order valence-corrected chi connectivity index (χ2v) is 3.90. The van der Waals surface area contributed by atoms with E-state index in [4.69, 9.17) is 0 Å². The molecule has 0 atom stereocenters. The fraction of sp³-hybridized carbons (Fsp3) is 0.0833. The zero-order chi connectivity index (χ0) is 12.5. The summed E-state index contributed by atoms with van der Waals surface area (Å²) in [5.41, 5.74) is 1.19. The third-order valence-electron chi connectivity index (χ3n) is 2.68. The highest BCUT2D eigenvalue weighted by molar-refractivity contribution is 5.72. The fourth-order valence-corrected chi connectivity index (χ4v) is 1.78. The topological polar surface area (TPSA) is 63.6 Å². The van der Waals surface area contributed by atoms with E-state index in [1.807, 2.05) is 0 Å². The zero-order valence-electron chi connectivity index (χ0n) is 9.30. The van der Waals surface area contributed by atoms with Crippen molar-refractivity contribution in [1.82, 2.24) is 19.7 Å². The van der Waals surface area contributed by atoms with E-state index in [1.165, 1.54) is 24.7 Å². The molecule has 0 aliphatic carbocycles. The maximum atomic E-state index is 12.8. The van der Waals surface area contributed by atoms with Gasteiger partial charge in [-0.1, -0.05) is 12.1 Å². The van der Waals surface area contributed by atoms with Crippen LogP contribution < -0.4 is 5.56 Å². The van der Waals surface area contributed by atoms with Crippen LogP contribution in [0.3, 0.4) is 0 Å². The van der Waals surface area contributed by atoms with Gasteiger partial charge in [-0.05, 0) is 17.7 Å². The molecule has 0 aliphatic rings. The lowest BCUT2D eigenvalue weighted by atomic mass is 10.2. The number of hydrogen-bond donors (Lipinski definition) is 1. The predicted octanol–water partition coefficient (Wildman–Crippen LogP) is 1.31. The number of aromatic amines is 1. The summed E-state index contributed by atoms with van der Waals surface area (Å²) in [5.74, 6) is -0.279. The summed E-state index contributed by atoms with van der Waals surface area (Å²) in [6.45, 7) is 0.445. The molecule has 18 heavy (non-hydrogen) atoms. The van der Waals surface area contributed by atoms with Crippen LogP contribution in [0.25, 0.3) is 11.0 Å². The van der Waals surface area contributed by atoms with Gasteiger partial charge in [0.1, 0.15) is 11.2 Å². The van der Waals surface area contributed by atoms with E-state index in [0.717, 1.165) is 5.56 Å². The van der Waals surface area contributed by atoms with E-state index in [2.05, 4.69) is 15.1 Å². The minimum atomic E-state index is -0.279. The summed E-state index contributed by atoms with van der Waals surface area (Å²) in [6.07, 6.45) is 2.82. The van der Waals surface area contributed by atoms with Crippen LogP contribution in [-0.4, -0.2) is 19.7 Å². The number of nitrogens with one attached hydrogen (secondary N) is 1. The monoisotopic (exact) mass is 244 g/mol. The van der Waals surface area contributed by atoms with Gasteiger partial charge in [0.25, 0.3) is 5.56 Å². The first kappa shape index (κ1) is 10.6. The Morgan fingerprint density at radius 1 is 1.28 bits per heavy atom. The Balaban J connectivity index is 2.03. The van der Waals surface area contributed by atoms with Crippen LogP contribution >= 0.6 is 0 Å². The molecule has 3 rings (SSSR count). The molecular formula is C12H9FN4O. The Morgan fingerprint density at radius 3 is 2.83 bits per heavy atom. The van der Waals surface area contributed by atoms with Gasteiger partial charge in [-0.2, -0.15) is 5.10 Å². The van der Waals surface area contributed by atoms with Crippen LogP contribution in [-0.2, 0) is 6.54 Å². The summed E-state index contributed by atoms with van der Waals surface area (Å²) < 4.78 is 14.4. The molecule has 5 nitrogen and oxygen atoms in total. The van der Waals surface area contributed by atoms with Crippen molar-refractivity contribution in [3.8, 4) is 0 Å². The molecular weight excluding hydrogens is 235 g/mol. The molecule has 3 aromatic rings. The highest BCUT2D eigenvalue weighted by Crippen LogP contribution is 2.09. The highest BCUT2D eigenvalue weighted by atomic mass is 19.1. The normalized spacial score (nSPS) is 10.9. The Morgan fingerprint density at radius 2 is 2.06 bits per heavy atom. The second kappa shape index (κ2) is 4.06. The number of H-pyrrole nitrogens is 1. The van der Waals surface area contributed by atoms with Gasteiger partial charge in [-0.25, -0.2) is 14.1 Å². The summed E-state index contributed by atoms with van der Waals surface area (Å²) in [6, 6.07) is 6.13. The van der Waals surface area contributed by atoms with E-state index < -0.39 is 0 Å². The third-order valence-corrected chi connectivity index (χ3v) is 2.68. The lowest BCUT2D eigenvalue weighted by molar-refractivity contribution is 0.625. The second-order valence-electron chi connectivity index (χ2n) is 3.90. The lowest BCUT2D eigenvalue weighted by Gasteiger charge is -2.02. The van der Waals surface area contributed by atoms with Gasteiger partial charge in [0.05, 0.1) is 19.1 Å². The first-order chi connectivity index (χ1) is 8.74. The van der Waals surface area contributed by atoms with Crippen LogP contribution in [0.2, 0.25) is 0 Å². The number of fused-ring (bicyclic) bond motifs is 1. The Labute approximate surface area is 101 Å². The Bertz CT molecular complexity index is 745. The molecule has 0 saturated carbocycles. The maximum Gasteiger partial charge on any atom is 0.261 e. The fourth-order valence-electron chi connectivity index (χ4n) is 1.78. The third kappa shape index (κ3) is 1.77. The largest absolute Gasteiger partial charge is 0.312 e. The highest BCUT2D eigenvalue weighted by Gasteiger charge is 2.07. The van der Waals surface area contributed by atoms with Crippen molar-refractivity contribution >= 4 is 11.0 Å². The van der Waals surface area contributed by atoms with Crippen LogP contribution in [0.5, 0.6) is 0 Å². The van der Waals surface area contributed by atoms with Crippen molar-refractivity contribution in [2.75, 3.05) is 0 Å². The minimum Gasteiger partial charge on any atom is -0.312 e. The summed E-state index contributed by atoms with van der Waals surface area (Å²) in [4.78, 5) is 18.1. The van der Waals surface area contributed by atoms with Crippen LogP contribution in [0.1, 0.15) is 5.56 Å². The Hall–Kier alpha value is -2.50. The molecule has 0 unspecified atom stereocenters. The molecule has 2 heterocycles. The lowest BCUT2D eigenvalue weighted by Crippen LogP contribution is -2.08. The van der Waals surface area contributed by atoms with Crippen molar-refractivity contribution in [2.24, 2.45) is 0 Å². The Kier molecular flexibility index (Phi) is 2.40. The molecule has 1 aromatic carbocycles. The first-order valence-electron chi connectivity index (χ1n) is 5.38. The molecule has 0 aliphatic heterocycles. The van der Waals surface area contributed by atoms with Crippen molar-refractivity contribution in [1.29, 1.82) is 0 Å². The van der Waals surface area contributed by atoms with Crippen LogP contribution in [0.15, 0.2) is 41.6 Å². The van der Waals surface area contributed by atoms with Crippen molar-refractivity contribution in [3.63, 3.8) is 0 Å². The van der Waals surface area contributed by atoms with Gasteiger partial charge in [0, 0.05) is 0 Å². The number of halogens is 1. The van der Waals surface area contributed by atoms with Crippen molar-refractivity contribution < 1.29 is 4.39 Å². The molecule has 2 aromatic heterocycles. The van der Waals surface area contributed by atoms with Gasteiger partial charge in [-0.3, -0.25) is 4.79 Å². The van der Waals surface area contributed by atoms with Crippen molar-refractivity contribution in [2.45, 2.75) is 6.54 Å². The number of rotatable bonds is 2. The average molecular weight is 244 g/mol. The zero-order valence-corrected chi connectivity index (χ0v) is 9.30. The average Bonchev–Trinajstić information content (AvgIpc) is 2.77. The summed E-state index contributed by atoms with van der Waals surface area (Å²) in [5, 5.41) is 4.56. The number of nitrogens with zero attached hydrogens (tertiary/aromatic N) is 3. The van der Waals surface area contributed by atoms with E-state index >= 15 is 0 Å². The summed E-state index contributed by atoms with van der Waals surface area (Å²) in [7, 11) is 0. The van der Waals surface area contributed by atoms with Gasteiger partial charge in [0.2, 0.25) is 0 Å². The van der Waals surface area contributed by atoms with Gasteiger partial charge in [0.15, 0.2) is 5.65 Å². The summed E-state index contributed by atoms with van der Waals surface area (Å²) >= 11 is 0. The van der Waals surface area contributed by atoms with Gasteiger partial charge in [-0.15, -0.1) is 0 Å². The van der Waals surface area contributed by atoms with E-state index in [0.29, 0.717) is 17.6 Å². The van der Waals surface area contributed by atoms with Crippen molar-refractivity contribution in [3.05, 3.63) is 58.5 Å². The predicted molar refractivity (Wildman–Crippen MR) is 63.7 cm³/mol. The van der Waals surface area contributed by atoms with E-state index in [1.54, 1.807) is 16.8 Å². The van der Waals surface area contributed by atoms with Gasteiger partial charge >= 0.3 is 0 Å². The quantitative estimate of drug-likeness (QED) is 0.739. The number of benzene rings is 1. The molecule has 0 bridgehead atoms. The molecule has 90 valence electrons. The van der Waals surface area contributed by atoms with E-state index in [-0.39, 0.29) is 11.4 Å². The van der Waals surface area contributed by atoms with Crippen LogP contribution in [0.4, 0.5) is 4.39 Å². The molecule has 0 radical (unpaired) electrons. The SMILES string of the molecule is O=c1[nH]cnc2c1cnn2Cc1ccc(F)cc1. The molecule has 0 amide bonds. The number of aromatic nitrogens is 4. The molecule has 0 spiro atoms. The molecule has 0 fully saturated rings. The van der Waals surface area contributed by atoms with E-state index in [9.17, 15) is 9.18 Å². The van der Waals surface area contributed by atoms with Gasteiger partial charge < -0.3 is 4.98 Å². The van der Waals surface area contributed by atoms with Crippen LogP contribution in [0, 0.1) is 5.82 Å². The first-order valence-corrected chi connectivity index (χ1v) is 5.38. The molecule has 0 saturated heterocycles. The standard InChI is InChI=1S/C12H9FN4O/c13-9-3-1-8(2-4-9)6-17-11-10(5-16-17)12(18)15-7-14-11/h1-5,7H,6H2,(H,14,15,18). The smallest absolute Gasteiger partial charge is 0.261 e. The molecule has 1 N–H and O–H groups in total. The minimum absolute atomic E-state index is 0.217. The molecule has 6 heteroatoms. The number of hydrogen-bond acceptors (Lipinski definition) is 3. The maximum absolute atomic E-state index is 12.8.